The van der Waals surface area contributed by atoms with Crippen LogP contribution in [0.5, 0.6) is 0 Å². The van der Waals surface area contributed by atoms with Gasteiger partial charge in [-0.05, 0) is 54.8 Å². The van der Waals surface area contributed by atoms with Gasteiger partial charge in [0, 0.05) is 11.1 Å². The molecule has 21 heavy (non-hydrogen) atoms. The van der Waals surface area contributed by atoms with Crippen molar-refractivity contribution < 1.29 is 4.39 Å². The van der Waals surface area contributed by atoms with Crippen LogP contribution in [0.2, 0.25) is 0 Å². The van der Waals surface area contributed by atoms with Crippen molar-refractivity contribution in [2.24, 2.45) is 5.73 Å². The Labute approximate surface area is 123 Å². The normalized spacial score (nSPS) is 12.6. The molecular weight excluding hydrogens is 263 g/mol. The van der Waals surface area contributed by atoms with Gasteiger partial charge in [0.05, 0.1) is 11.6 Å². The van der Waals surface area contributed by atoms with Gasteiger partial charge in [0.1, 0.15) is 5.82 Å². The number of fused-ring (bicyclic) bond motifs is 1. The maximum absolute atomic E-state index is 13.4. The number of nitrogens with zero attached hydrogens (tertiary/aromatic N) is 1. The van der Waals surface area contributed by atoms with Gasteiger partial charge in [-0.3, -0.25) is 4.98 Å². The van der Waals surface area contributed by atoms with Crippen molar-refractivity contribution in [3.63, 3.8) is 0 Å². The summed E-state index contributed by atoms with van der Waals surface area (Å²) in [6.45, 7) is 3.72. The fraction of sp³-hybridized carbons (Fsp3) is 0.167. The molecule has 106 valence electrons. The van der Waals surface area contributed by atoms with Gasteiger partial charge < -0.3 is 5.73 Å². The fourth-order valence-electron chi connectivity index (χ4n) is 2.49. The Hall–Kier alpha value is -2.26. The van der Waals surface area contributed by atoms with Crippen molar-refractivity contribution in [1.29, 1.82) is 0 Å². The van der Waals surface area contributed by atoms with Crippen LogP contribution in [0.3, 0.4) is 0 Å². The predicted molar refractivity (Wildman–Crippen MR) is 83.6 cm³/mol. The molecule has 0 spiro atoms. The molecule has 2 nitrogen and oxygen atoms in total. The van der Waals surface area contributed by atoms with Crippen molar-refractivity contribution in [3.05, 3.63) is 76.7 Å². The third-order valence-electron chi connectivity index (χ3n) is 3.75. The highest BCUT2D eigenvalue weighted by atomic mass is 19.1. The molecule has 0 fully saturated rings. The molecule has 0 bridgehead atoms. The Kier molecular flexibility index (Phi) is 3.43. The molecule has 1 aromatic heterocycles. The number of rotatable bonds is 2. The number of hydrogen-bond donors (Lipinski definition) is 1. The number of pyridine rings is 1. The Morgan fingerprint density at radius 1 is 0.952 bits per heavy atom. The van der Waals surface area contributed by atoms with Gasteiger partial charge in [-0.1, -0.05) is 24.3 Å². The second kappa shape index (κ2) is 5.26. The number of nitrogens with two attached hydrogens (primary N) is 1. The molecule has 0 aliphatic carbocycles. The standard InChI is InChI=1S/C18H17FN2/c1-11-9-14(5-7-16(11)19)18(20)15-6-8-17-13(10-15)4-3-12(2)21-17/h3-10,18H,20H2,1-2H3. The first kappa shape index (κ1) is 13.7. The number of aryl methyl sites for hydroxylation is 2. The topological polar surface area (TPSA) is 38.9 Å². The summed E-state index contributed by atoms with van der Waals surface area (Å²) in [5, 5.41) is 1.06. The van der Waals surface area contributed by atoms with Crippen LogP contribution in [0.15, 0.2) is 48.5 Å². The van der Waals surface area contributed by atoms with Gasteiger partial charge in [-0.15, -0.1) is 0 Å². The van der Waals surface area contributed by atoms with Gasteiger partial charge in [-0.25, -0.2) is 4.39 Å². The van der Waals surface area contributed by atoms with E-state index in [0.29, 0.717) is 5.56 Å². The van der Waals surface area contributed by atoms with Crippen LogP contribution in [0.4, 0.5) is 4.39 Å². The van der Waals surface area contributed by atoms with E-state index in [1.165, 1.54) is 6.07 Å². The highest BCUT2D eigenvalue weighted by Crippen LogP contribution is 2.24. The average molecular weight is 280 g/mol. The van der Waals surface area contributed by atoms with Gasteiger partial charge >= 0.3 is 0 Å². The Morgan fingerprint density at radius 2 is 1.67 bits per heavy atom. The first-order valence-electron chi connectivity index (χ1n) is 6.93. The molecule has 0 radical (unpaired) electrons. The van der Waals surface area contributed by atoms with Crippen LogP contribution in [-0.2, 0) is 0 Å². The van der Waals surface area contributed by atoms with E-state index in [0.717, 1.165) is 27.7 Å². The predicted octanol–water partition coefficient (Wildman–Crippen LogP) is 4.04. The number of aromatic nitrogens is 1. The van der Waals surface area contributed by atoms with Gasteiger partial charge in [0.15, 0.2) is 0 Å². The van der Waals surface area contributed by atoms with E-state index in [1.54, 1.807) is 19.1 Å². The molecule has 1 atom stereocenters. The summed E-state index contributed by atoms with van der Waals surface area (Å²) in [6, 6.07) is 14.8. The maximum Gasteiger partial charge on any atom is 0.126 e. The lowest BCUT2D eigenvalue weighted by Crippen LogP contribution is -2.12. The Bertz CT molecular complexity index is 811. The molecule has 1 unspecified atom stereocenters. The molecule has 2 N–H and O–H groups in total. The monoisotopic (exact) mass is 280 g/mol. The van der Waals surface area contributed by atoms with Crippen LogP contribution < -0.4 is 5.73 Å². The molecule has 1 heterocycles. The summed E-state index contributed by atoms with van der Waals surface area (Å²) in [4.78, 5) is 4.48. The fourth-order valence-corrected chi connectivity index (χ4v) is 2.49. The van der Waals surface area contributed by atoms with Crippen LogP contribution in [0.1, 0.15) is 28.4 Å². The molecule has 0 aliphatic rings. The zero-order valence-corrected chi connectivity index (χ0v) is 12.1. The van der Waals surface area contributed by atoms with Crippen LogP contribution in [-0.4, -0.2) is 4.98 Å². The quantitative estimate of drug-likeness (QED) is 0.769. The molecule has 3 heteroatoms. The molecular formula is C18H17FN2. The van der Waals surface area contributed by atoms with E-state index in [4.69, 9.17) is 5.73 Å². The summed E-state index contributed by atoms with van der Waals surface area (Å²) in [6.07, 6.45) is 0. The number of halogens is 1. The van der Waals surface area contributed by atoms with Gasteiger partial charge in [-0.2, -0.15) is 0 Å². The first-order valence-corrected chi connectivity index (χ1v) is 6.93. The summed E-state index contributed by atoms with van der Waals surface area (Å²) in [7, 11) is 0. The average Bonchev–Trinajstić information content (AvgIpc) is 2.49. The minimum atomic E-state index is -0.269. The highest BCUT2D eigenvalue weighted by Gasteiger charge is 2.11. The lowest BCUT2D eigenvalue weighted by Gasteiger charge is -2.14. The van der Waals surface area contributed by atoms with Crippen molar-refractivity contribution in [1.82, 2.24) is 4.98 Å². The Balaban J connectivity index is 2.02. The zero-order chi connectivity index (χ0) is 15.0. The van der Waals surface area contributed by atoms with Crippen LogP contribution >= 0.6 is 0 Å². The minimum Gasteiger partial charge on any atom is -0.320 e. The Morgan fingerprint density at radius 3 is 2.43 bits per heavy atom. The summed E-state index contributed by atoms with van der Waals surface area (Å²) >= 11 is 0. The van der Waals surface area contributed by atoms with Crippen molar-refractivity contribution in [2.45, 2.75) is 19.9 Å². The number of benzene rings is 2. The first-order chi connectivity index (χ1) is 10.0. The minimum absolute atomic E-state index is 0.205. The smallest absolute Gasteiger partial charge is 0.126 e. The van der Waals surface area contributed by atoms with E-state index in [2.05, 4.69) is 4.98 Å². The molecule has 3 aromatic rings. The molecule has 0 saturated carbocycles. The summed E-state index contributed by atoms with van der Waals surface area (Å²) < 4.78 is 13.4. The largest absolute Gasteiger partial charge is 0.320 e. The lowest BCUT2D eigenvalue weighted by atomic mass is 9.97. The van der Waals surface area contributed by atoms with Crippen molar-refractivity contribution in [3.8, 4) is 0 Å². The molecule has 3 rings (SSSR count). The van der Waals surface area contributed by atoms with E-state index in [-0.39, 0.29) is 11.9 Å². The molecule has 0 aliphatic heterocycles. The van der Waals surface area contributed by atoms with Crippen molar-refractivity contribution in [2.75, 3.05) is 0 Å². The second-order valence-corrected chi connectivity index (χ2v) is 5.39. The van der Waals surface area contributed by atoms with Crippen LogP contribution in [0, 0.1) is 19.7 Å². The highest BCUT2D eigenvalue weighted by molar-refractivity contribution is 5.79. The lowest BCUT2D eigenvalue weighted by molar-refractivity contribution is 0.617. The molecule has 2 aromatic carbocycles. The number of hydrogen-bond acceptors (Lipinski definition) is 2. The van der Waals surface area contributed by atoms with E-state index < -0.39 is 0 Å². The maximum atomic E-state index is 13.4. The summed E-state index contributed by atoms with van der Waals surface area (Å²) in [5.41, 5.74) is 10.8. The van der Waals surface area contributed by atoms with Crippen molar-refractivity contribution >= 4 is 10.9 Å². The third-order valence-corrected chi connectivity index (χ3v) is 3.75. The van der Waals surface area contributed by atoms with Crippen LogP contribution in [0.25, 0.3) is 10.9 Å². The van der Waals surface area contributed by atoms with Gasteiger partial charge in [0.25, 0.3) is 0 Å². The SMILES string of the molecule is Cc1ccc2cc(C(N)c3ccc(F)c(C)c3)ccc2n1. The zero-order valence-electron chi connectivity index (χ0n) is 12.1. The van der Waals surface area contributed by atoms with E-state index in [9.17, 15) is 4.39 Å². The van der Waals surface area contributed by atoms with E-state index in [1.807, 2.05) is 37.3 Å². The second-order valence-electron chi connectivity index (χ2n) is 5.39. The molecule has 0 amide bonds. The van der Waals surface area contributed by atoms with Gasteiger partial charge in [0.2, 0.25) is 0 Å². The summed E-state index contributed by atoms with van der Waals surface area (Å²) in [5.74, 6) is -0.205. The molecule has 0 saturated heterocycles. The van der Waals surface area contributed by atoms with E-state index >= 15 is 0 Å². The third kappa shape index (κ3) is 2.65.